The fourth-order valence-corrected chi connectivity index (χ4v) is 4.25. The highest BCUT2D eigenvalue weighted by Gasteiger charge is 2.39. The Morgan fingerprint density at radius 2 is 1.65 bits per heavy atom. The Balaban J connectivity index is 1.26. The van der Waals surface area contributed by atoms with E-state index in [1.807, 2.05) is 6.07 Å². The first kappa shape index (κ1) is 17.7. The van der Waals surface area contributed by atoms with Crippen LogP contribution in [0, 0.1) is 5.82 Å². The van der Waals surface area contributed by atoms with Crippen molar-refractivity contribution in [1.82, 2.24) is 5.32 Å². The van der Waals surface area contributed by atoms with Crippen LogP contribution >= 0.6 is 0 Å². The van der Waals surface area contributed by atoms with Crippen LogP contribution in [0.1, 0.15) is 54.7 Å². The van der Waals surface area contributed by atoms with Crippen molar-refractivity contribution in [2.24, 2.45) is 5.73 Å². The molecule has 0 aromatic heterocycles. The highest BCUT2D eigenvalue weighted by Crippen LogP contribution is 2.41. The fourth-order valence-electron chi connectivity index (χ4n) is 4.25. The summed E-state index contributed by atoms with van der Waals surface area (Å²) >= 11 is 0. The molecule has 2 fully saturated rings. The number of benzene rings is 2. The number of rotatable bonds is 6. The molecule has 0 spiro atoms. The maximum atomic E-state index is 13.3. The lowest BCUT2D eigenvalue weighted by Gasteiger charge is -2.27. The monoisotopic (exact) mass is 352 g/mol. The second-order valence-electron chi connectivity index (χ2n) is 8.10. The SMILES string of the molecule is NC1CCC(N[C@H]2CC2c2ccc(CCc3cccc(F)c3)cc2)CC1. The van der Waals surface area contributed by atoms with Gasteiger partial charge in [-0.3, -0.25) is 0 Å². The molecule has 26 heavy (non-hydrogen) atoms. The van der Waals surface area contributed by atoms with Crippen LogP contribution in [0.5, 0.6) is 0 Å². The van der Waals surface area contributed by atoms with Gasteiger partial charge in [0.1, 0.15) is 5.82 Å². The van der Waals surface area contributed by atoms with Crippen LogP contribution in [0.3, 0.4) is 0 Å². The van der Waals surface area contributed by atoms with Crippen LogP contribution in [0.2, 0.25) is 0 Å². The third kappa shape index (κ3) is 4.52. The van der Waals surface area contributed by atoms with Crippen LogP contribution in [0.25, 0.3) is 0 Å². The summed E-state index contributed by atoms with van der Waals surface area (Å²) in [7, 11) is 0. The molecule has 2 saturated carbocycles. The fraction of sp³-hybridized carbons (Fsp3) is 0.478. The molecule has 2 aromatic carbocycles. The average molecular weight is 352 g/mol. The van der Waals surface area contributed by atoms with Crippen LogP contribution in [0.4, 0.5) is 4.39 Å². The summed E-state index contributed by atoms with van der Waals surface area (Å²) in [6.07, 6.45) is 7.87. The Morgan fingerprint density at radius 1 is 0.923 bits per heavy atom. The smallest absolute Gasteiger partial charge is 0.123 e. The number of nitrogens with two attached hydrogens (primary N) is 1. The highest BCUT2D eigenvalue weighted by molar-refractivity contribution is 5.32. The predicted molar refractivity (Wildman–Crippen MR) is 105 cm³/mol. The number of hydrogen-bond acceptors (Lipinski definition) is 2. The molecule has 2 aliphatic rings. The van der Waals surface area contributed by atoms with E-state index in [0.717, 1.165) is 31.2 Å². The van der Waals surface area contributed by atoms with Gasteiger partial charge in [-0.15, -0.1) is 0 Å². The molecule has 0 heterocycles. The van der Waals surface area contributed by atoms with E-state index in [-0.39, 0.29) is 5.82 Å². The molecule has 2 nitrogen and oxygen atoms in total. The predicted octanol–water partition coefficient (Wildman–Crippen LogP) is 4.33. The number of nitrogens with one attached hydrogen (secondary N) is 1. The molecular formula is C23H29FN2. The first-order valence-electron chi connectivity index (χ1n) is 10.0. The van der Waals surface area contributed by atoms with Crippen LogP contribution in [-0.4, -0.2) is 18.1 Å². The lowest BCUT2D eigenvalue weighted by Crippen LogP contribution is -2.38. The molecule has 2 aromatic rings. The Hall–Kier alpha value is -1.71. The standard InChI is InChI=1S/C23H29FN2/c24-19-3-1-2-17(14-19)5-4-16-6-8-18(9-7-16)22-15-23(22)26-21-12-10-20(25)11-13-21/h1-3,6-9,14,20-23,26H,4-5,10-13,15,25H2/t20?,21?,22?,23-/m0/s1. The van der Waals surface area contributed by atoms with Gasteiger partial charge in [0.15, 0.2) is 0 Å². The molecule has 0 saturated heterocycles. The van der Waals surface area contributed by atoms with Gasteiger partial charge in [-0.05, 0) is 73.8 Å². The maximum Gasteiger partial charge on any atom is 0.123 e. The maximum absolute atomic E-state index is 13.3. The third-order valence-corrected chi connectivity index (χ3v) is 6.01. The van der Waals surface area contributed by atoms with E-state index >= 15 is 0 Å². The normalized spacial score (nSPS) is 28.1. The lowest BCUT2D eigenvalue weighted by atomic mass is 9.92. The molecule has 3 heteroatoms. The Bertz CT molecular complexity index is 719. The first-order chi connectivity index (χ1) is 12.7. The van der Waals surface area contributed by atoms with Crippen LogP contribution in [-0.2, 0) is 12.8 Å². The highest BCUT2D eigenvalue weighted by atomic mass is 19.1. The number of hydrogen-bond donors (Lipinski definition) is 2. The summed E-state index contributed by atoms with van der Waals surface area (Å²) in [4.78, 5) is 0. The molecule has 138 valence electrons. The van der Waals surface area contributed by atoms with Crippen molar-refractivity contribution in [3.05, 3.63) is 71.0 Å². The van der Waals surface area contributed by atoms with Crippen LogP contribution < -0.4 is 11.1 Å². The second kappa shape index (κ2) is 7.89. The van der Waals surface area contributed by atoms with Crippen molar-refractivity contribution in [3.63, 3.8) is 0 Å². The van der Waals surface area contributed by atoms with Crippen molar-refractivity contribution < 1.29 is 4.39 Å². The van der Waals surface area contributed by atoms with Gasteiger partial charge in [0, 0.05) is 24.0 Å². The van der Waals surface area contributed by atoms with E-state index in [1.54, 1.807) is 12.1 Å². The zero-order chi connectivity index (χ0) is 17.9. The van der Waals surface area contributed by atoms with Crippen molar-refractivity contribution in [1.29, 1.82) is 0 Å². The van der Waals surface area contributed by atoms with Gasteiger partial charge >= 0.3 is 0 Å². The number of halogens is 1. The largest absolute Gasteiger partial charge is 0.328 e. The summed E-state index contributed by atoms with van der Waals surface area (Å²) < 4.78 is 13.3. The average Bonchev–Trinajstić information content (AvgIpc) is 3.42. The Kier molecular flexibility index (Phi) is 5.37. The molecule has 0 amide bonds. The quantitative estimate of drug-likeness (QED) is 0.812. The lowest BCUT2D eigenvalue weighted by molar-refractivity contribution is 0.339. The number of aryl methyl sites for hydroxylation is 2. The summed E-state index contributed by atoms with van der Waals surface area (Å²) in [5, 5.41) is 3.84. The zero-order valence-corrected chi connectivity index (χ0v) is 15.3. The summed E-state index contributed by atoms with van der Waals surface area (Å²) in [5.74, 6) is 0.521. The minimum atomic E-state index is -0.148. The molecule has 0 aliphatic heterocycles. The minimum Gasteiger partial charge on any atom is -0.328 e. The molecule has 4 rings (SSSR count). The van der Waals surface area contributed by atoms with Crippen molar-refractivity contribution in [2.75, 3.05) is 0 Å². The topological polar surface area (TPSA) is 38.0 Å². The van der Waals surface area contributed by atoms with E-state index < -0.39 is 0 Å². The van der Waals surface area contributed by atoms with Crippen molar-refractivity contribution >= 4 is 0 Å². The Morgan fingerprint density at radius 3 is 2.38 bits per heavy atom. The molecular weight excluding hydrogens is 323 g/mol. The van der Waals surface area contributed by atoms with Gasteiger partial charge in [-0.25, -0.2) is 4.39 Å². The molecule has 0 radical (unpaired) electrons. The molecule has 0 bridgehead atoms. The Labute approximate surface area is 156 Å². The molecule has 1 unspecified atom stereocenters. The zero-order valence-electron chi connectivity index (χ0n) is 15.3. The van der Waals surface area contributed by atoms with Gasteiger partial charge in [0.25, 0.3) is 0 Å². The van der Waals surface area contributed by atoms with E-state index in [4.69, 9.17) is 5.73 Å². The summed E-state index contributed by atoms with van der Waals surface area (Å²) in [6.45, 7) is 0. The minimum absolute atomic E-state index is 0.148. The van der Waals surface area contributed by atoms with E-state index in [1.165, 1.54) is 36.5 Å². The van der Waals surface area contributed by atoms with Gasteiger partial charge < -0.3 is 11.1 Å². The summed E-state index contributed by atoms with van der Waals surface area (Å²) in [6, 6.07) is 17.7. The van der Waals surface area contributed by atoms with Crippen LogP contribution in [0.15, 0.2) is 48.5 Å². The van der Waals surface area contributed by atoms with Gasteiger partial charge in [0.2, 0.25) is 0 Å². The molecule has 2 aliphatic carbocycles. The second-order valence-corrected chi connectivity index (χ2v) is 8.10. The van der Waals surface area contributed by atoms with Gasteiger partial charge in [-0.2, -0.15) is 0 Å². The van der Waals surface area contributed by atoms with E-state index in [2.05, 4.69) is 29.6 Å². The van der Waals surface area contributed by atoms with Crippen molar-refractivity contribution in [2.45, 2.75) is 69.0 Å². The van der Waals surface area contributed by atoms with E-state index in [9.17, 15) is 4.39 Å². The van der Waals surface area contributed by atoms with E-state index in [0.29, 0.717) is 24.0 Å². The van der Waals surface area contributed by atoms with Gasteiger partial charge in [-0.1, -0.05) is 36.4 Å². The first-order valence-corrected chi connectivity index (χ1v) is 10.0. The van der Waals surface area contributed by atoms with Crippen molar-refractivity contribution in [3.8, 4) is 0 Å². The van der Waals surface area contributed by atoms with Gasteiger partial charge in [0.05, 0.1) is 0 Å². The third-order valence-electron chi connectivity index (χ3n) is 6.01. The molecule has 3 N–H and O–H groups in total. The summed E-state index contributed by atoms with van der Waals surface area (Å²) in [5.41, 5.74) is 9.83. The molecule has 2 atom stereocenters.